The molecule has 1 atom stereocenters. The molecule has 6 heteroatoms. The van der Waals surface area contributed by atoms with Crippen molar-refractivity contribution in [2.45, 2.75) is 26.3 Å². The second-order valence-corrected chi connectivity index (χ2v) is 7.28. The molecule has 1 aromatic heterocycles. The summed E-state index contributed by atoms with van der Waals surface area (Å²) in [7, 11) is 0. The molecule has 1 heterocycles. The van der Waals surface area contributed by atoms with Gasteiger partial charge in [-0.1, -0.05) is 25.1 Å². The Labute approximate surface area is 150 Å². The molecule has 22 heavy (non-hydrogen) atoms. The number of hydrogen-bond acceptors (Lipinski definition) is 3. The largest absolute Gasteiger partial charge is 0.325 e. The van der Waals surface area contributed by atoms with E-state index in [9.17, 15) is 4.79 Å². The van der Waals surface area contributed by atoms with Gasteiger partial charge in [0.15, 0.2) is 0 Å². The first kappa shape index (κ1) is 19.2. The van der Waals surface area contributed by atoms with Crippen LogP contribution in [0.2, 0.25) is 0 Å². The normalized spacial score (nSPS) is 11.6. The maximum Gasteiger partial charge on any atom is 0.232 e. The van der Waals surface area contributed by atoms with Gasteiger partial charge in [0.2, 0.25) is 5.91 Å². The Bertz CT molecular complexity index is 618. The van der Waals surface area contributed by atoms with Crippen molar-refractivity contribution in [1.82, 2.24) is 5.32 Å². The second kappa shape index (κ2) is 9.30. The highest BCUT2D eigenvalue weighted by Crippen LogP contribution is 2.29. The van der Waals surface area contributed by atoms with Gasteiger partial charge < -0.3 is 10.6 Å². The van der Waals surface area contributed by atoms with Crippen molar-refractivity contribution in [3.8, 4) is 0 Å². The minimum Gasteiger partial charge on any atom is -0.325 e. The Morgan fingerprint density at radius 2 is 2.00 bits per heavy atom. The Hall–Kier alpha value is -0.880. The zero-order valence-corrected chi connectivity index (χ0v) is 15.8. The van der Waals surface area contributed by atoms with Crippen LogP contribution in [0.4, 0.5) is 5.69 Å². The van der Waals surface area contributed by atoms with Crippen LogP contribution in [-0.4, -0.2) is 12.5 Å². The molecule has 0 fully saturated rings. The van der Waals surface area contributed by atoms with E-state index in [2.05, 4.69) is 33.5 Å². The van der Waals surface area contributed by atoms with Crippen molar-refractivity contribution < 1.29 is 4.79 Å². The van der Waals surface area contributed by atoms with E-state index >= 15 is 0 Å². The van der Waals surface area contributed by atoms with Crippen LogP contribution in [-0.2, 0) is 11.3 Å². The number of nitrogens with one attached hydrogen (secondary N) is 2. The Kier molecular flexibility index (Phi) is 8.10. The lowest BCUT2D eigenvalue weighted by Gasteiger charge is -2.14. The summed E-state index contributed by atoms with van der Waals surface area (Å²) in [4.78, 5) is 13.5. The van der Waals surface area contributed by atoms with Gasteiger partial charge in [0, 0.05) is 17.1 Å². The molecular formula is C16H20BrClN2OS. The van der Waals surface area contributed by atoms with Gasteiger partial charge in [-0.3, -0.25) is 4.79 Å². The fourth-order valence-electron chi connectivity index (χ4n) is 1.99. The van der Waals surface area contributed by atoms with Gasteiger partial charge in [0.05, 0.1) is 9.70 Å². The van der Waals surface area contributed by atoms with Gasteiger partial charge in [-0.15, -0.1) is 23.7 Å². The fourth-order valence-corrected chi connectivity index (χ4v) is 3.46. The number of carbonyl (C=O) groups is 1. The van der Waals surface area contributed by atoms with Gasteiger partial charge in [-0.25, -0.2) is 0 Å². The molecule has 0 bridgehead atoms. The van der Waals surface area contributed by atoms with Crippen LogP contribution in [0.5, 0.6) is 0 Å². The van der Waals surface area contributed by atoms with E-state index in [-0.39, 0.29) is 24.2 Å². The molecule has 2 rings (SSSR count). The number of amides is 1. The maximum absolute atomic E-state index is 12.4. The number of halogens is 2. The molecular weight excluding hydrogens is 384 g/mol. The lowest BCUT2D eigenvalue weighted by molar-refractivity contribution is -0.117. The van der Waals surface area contributed by atoms with Crippen LogP contribution >= 0.6 is 39.7 Å². The Morgan fingerprint density at radius 3 is 2.64 bits per heavy atom. The number of benzene rings is 1. The molecule has 1 amide bonds. The van der Waals surface area contributed by atoms with Gasteiger partial charge in [0.1, 0.15) is 0 Å². The summed E-state index contributed by atoms with van der Waals surface area (Å²) >= 11 is 5.03. The van der Waals surface area contributed by atoms with Crippen LogP contribution in [0.1, 0.15) is 30.2 Å². The van der Waals surface area contributed by atoms with E-state index in [4.69, 9.17) is 0 Å². The average molecular weight is 404 g/mol. The van der Waals surface area contributed by atoms with E-state index < -0.39 is 0 Å². The van der Waals surface area contributed by atoms with Crippen molar-refractivity contribution in [3.63, 3.8) is 0 Å². The molecule has 0 aliphatic rings. The highest BCUT2D eigenvalue weighted by Gasteiger charge is 2.18. The first-order valence-corrected chi connectivity index (χ1v) is 8.57. The van der Waals surface area contributed by atoms with E-state index in [1.54, 1.807) is 11.3 Å². The molecule has 0 saturated carbocycles. The average Bonchev–Trinajstić information content (AvgIpc) is 2.92. The summed E-state index contributed by atoms with van der Waals surface area (Å²) < 4.78 is 1.05. The Morgan fingerprint density at radius 1 is 1.27 bits per heavy atom. The molecule has 120 valence electrons. The molecule has 0 radical (unpaired) electrons. The minimum atomic E-state index is -0.159. The summed E-state index contributed by atoms with van der Waals surface area (Å²) in [5, 5.41) is 6.33. The molecule has 0 spiro atoms. The topological polar surface area (TPSA) is 41.1 Å². The predicted molar refractivity (Wildman–Crippen MR) is 100 cm³/mol. The molecule has 2 aromatic rings. The third-order valence-electron chi connectivity index (χ3n) is 3.25. The quantitative estimate of drug-likeness (QED) is 0.728. The van der Waals surface area contributed by atoms with Gasteiger partial charge in [0.25, 0.3) is 0 Å². The third-order valence-corrected chi connectivity index (χ3v) is 5.06. The second-order valence-electron chi connectivity index (χ2n) is 4.79. The third kappa shape index (κ3) is 5.09. The lowest BCUT2D eigenvalue weighted by atomic mass is 10.1. The molecule has 0 saturated heterocycles. The van der Waals surface area contributed by atoms with Crippen molar-refractivity contribution in [2.24, 2.45) is 0 Å². The summed E-state index contributed by atoms with van der Waals surface area (Å²) in [6.45, 7) is 5.66. The van der Waals surface area contributed by atoms with Crippen LogP contribution < -0.4 is 10.6 Å². The zero-order valence-electron chi connectivity index (χ0n) is 12.6. The van der Waals surface area contributed by atoms with Crippen molar-refractivity contribution in [1.29, 1.82) is 0 Å². The molecule has 1 unspecified atom stereocenters. The van der Waals surface area contributed by atoms with Gasteiger partial charge >= 0.3 is 0 Å². The number of rotatable bonds is 6. The zero-order chi connectivity index (χ0) is 15.2. The predicted octanol–water partition coefficient (Wildman–Crippen LogP) is 4.78. The highest BCUT2D eigenvalue weighted by molar-refractivity contribution is 9.11. The molecule has 0 aliphatic heterocycles. The van der Waals surface area contributed by atoms with Crippen molar-refractivity contribution in [3.05, 3.63) is 50.6 Å². The maximum atomic E-state index is 12.4. The van der Waals surface area contributed by atoms with Crippen LogP contribution in [0.25, 0.3) is 0 Å². The summed E-state index contributed by atoms with van der Waals surface area (Å²) in [6, 6.07) is 11.9. The number of para-hydroxylation sites is 1. The number of thiophene rings is 1. The van der Waals surface area contributed by atoms with E-state index in [1.807, 2.05) is 43.3 Å². The van der Waals surface area contributed by atoms with E-state index in [0.717, 1.165) is 33.0 Å². The molecule has 0 aliphatic carbocycles. The van der Waals surface area contributed by atoms with Crippen LogP contribution in [0.3, 0.4) is 0 Å². The standard InChI is InChI=1S/C16H19BrN2OS.ClH/c1-3-18-10-12-6-4-5-7-13(12)19-16(20)11(2)14-8-9-15(17)21-14;/h4-9,11,18H,3,10H2,1-2H3,(H,19,20);1H. The number of carbonyl (C=O) groups excluding carboxylic acids is 1. The van der Waals surface area contributed by atoms with Gasteiger partial charge in [-0.05, 0) is 53.2 Å². The van der Waals surface area contributed by atoms with Gasteiger partial charge in [-0.2, -0.15) is 0 Å². The van der Waals surface area contributed by atoms with Crippen molar-refractivity contribution in [2.75, 3.05) is 11.9 Å². The lowest BCUT2D eigenvalue weighted by Crippen LogP contribution is -2.20. The number of hydrogen-bond donors (Lipinski definition) is 2. The number of anilines is 1. The Balaban J connectivity index is 0.00000242. The summed E-state index contributed by atoms with van der Waals surface area (Å²) in [5.41, 5.74) is 1.98. The van der Waals surface area contributed by atoms with Crippen LogP contribution in [0.15, 0.2) is 40.2 Å². The molecule has 2 N–H and O–H groups in total. The van der Waals surface area contributed by atoms with E-state index in [1.165, 1.54) is 0 Å². The summed E-state index contributed by atoms with van der Waals surface area (Å²) in [6.07, 6.45) is 0. The fraction of sp³-hybridized carbons (Fsp3) is 0.312. The molecule has 3 nitrogen and oxygen atoms in total. The molecule has 1 aromatic carbocycles. The minimum absolute atomic E-state index is 0. The SMILES string of the molecule is CCNCc1ccccc1NC(=O)C(C)c1ccc(Br)s1.Cl. The van der Waals surface area contributed by atoms with Crippen molar-refractivity contribution >= 4 is 51.3 Å². The monoisotopic (exact) mass is 402 g/mol. The van der Waals surface area contributed by atoms with E-state index in [0.29, 0.717) is 0 Å². The highest BCUT2D eigenvalue weighted by atomic mass is 79.9. The smallest absolute Gasteiger partial charge is 0.232 e. The summed E-state index contributed by atoms with van der Waals surface area (Å²) in [5.74, 6) is -0.137. The van der Waals surface area contributed by atoms with Crippen LogP contribution in [0, 0.1) is 0 Å². The first-order chi connectivity index (χ1) is 10.1. The first-order valence-electron chi connectivity index (χ1n) is 6.96.